The molecule has 2 rings (SSSR count). The Morgan fingerprint density at radius 3 is 0.919 bits per heavy atom. The summed E-state index contributed by atoms with van der Waals surface area (Å²) in [4.78, 5) is 24.6. The highest BCUT2D eigenvalue weighted by Gasteiger charge is 2.19. The first-order valence-corrected chi connectivity index (χ1v) is 25.4. The van der Waals surface area contributed by atoms with Crippen molar-refractivity contribution in [3.05, 3.63) is 58.7 Å². The molecule has 0 radical (unpaired) electrons. The second kappa shape index (κ2) is 39.0. The van der Waals surface area contributed by atoms with Crippen molar-refractivity contribution in [1.29, 1.82) is 0 Å². The molecule has 0 saturated carbocycles. The van der Waals surface area contributed by atoms with Gasteiger partial charge in [-0.15, -0.1) is 0 Å². The Bertz CT molecular complexity index is 1450. The SMILES string of the molecule is CCCCCCCCCCCCCCCCCCOCC#Cc1ccc(-c2ccc(C#CCOCCCCCCCCCCCCCCCCCC)cc2C(=O)O)c(C(=O)O)c1. The number of benzene rings is 2. The molecule has 6 nitrogen and oxygen atoms in total. The number of rotatable bonds is 39. The lowest BCUT2D eigenvalue weighted by Gasteiger charge is -2.11. The molecule has 0 atom stereocenters. The highest BCUT2D eigenvalue weighted by atomic mass is 16.5. The molecule has 0 saturated heterocycles. The van der Waals surface area contributed by atoms with Gasteiger partial charge in [0.05, 0.1) is 11.1 Å². The van der Waals surface area contributed by atoms with Crippen LogP contribution in [-0.2, 0) is 9.47 Å². The minimum Gasteiger partial charge on any atom is -0.478 e. The van der Waals surface area contributed by atoms with Gasteiger partial charge in [0.15, 0.2) is 0 Å². The number of carboxylic acid groups (broad SMARTS) is 2. The van der Waals surface area contributed by atoms with Crippen LogP contribution in [0.3, 0.4) is 0 Å². The fourth-order valence-corrected chi connectivity index (χ4v) is 8.09. The van der Waals surface area contributed by atoms with Gasteiger partial charge in [0.2, 0.25) is 0 Å². The lowest BCUT2D eigenvalue weighted by atomic mass is 9.92. The largest absolute Gasteiger partial charge is 0.478 e. The Kier molecular flexibility index (Phi) is 34.4. The smallest absolute Gasteiger partial charge is 0.336 e. The van der Waals surface area contributed by atoms with Gasteiger partial charge < -0.3 is 19.7 Å². The van der Waals surface area contributed by atoms with E-state index in [2.05, 4.69) is 37.5 Å². The molecule has 6 heteroatoms. The van der Waals surface area contributed by atoms with Crippen LogP contribution in [0.4, 0.5) is 0 Å². The number of hydrogen-bond acceptors (Lipinski definition) is 4. The molecule has 0 bridgehead atoms. The molecule has 0 amide bonds. The lowest BCUT2D eigenvalue weighted by molar-refractivity contribution is 0.0684. The zero-order valence-corrected chi connectivity index (χ0v) is 39.4. The summed E-state index contributed by atoms with van der Waals surface area (Å²) in [5.41, 5.74) is 1.71. The minimum absolute atomic E-state index is 0.00490. The van der Waals surface area contributed by atoms with E-state index in [0.717, 1.165) is 25.7 Å². The molecule has 2 aromatic carbocycles. The summed E-state index contributed by atoms with van der Waals surface area (Å²) < 4.78 is 11.4. The summed E-state index contributed by atoms with van der Waals surface area (Å²) in [6.45, 7) is 6.43. The molecule has 0 aliphatic rings. The van der Waals surface area contributed by atoms with E-state index in [1.165, 1.54) is 192 Å². The van der Waals surface area contributed by atoms with Crippen molar-refractivity contribution < 1.29 is 29.3 Å². The van der Waals surface area contributed by atoms with Crippen LogP contribution >= 0.6 is 0 Å². The van der Waals surface area contributed by atoms with Gasteiger partial charge in [-0.3, -0.25) is 0 Å². The quantitative estimate of drug-likeness (QED) is 0.0514. The van der Waals surface area contributed by atoms with Gasteiger partial charge in [0.1, 0.15) is 13.2 Å². The summed E-state index contributed by atoms with van der Waals surface area (Å²) in [6.07, 6.45) is 42.7. The molecule has 0 aromatic heterocycles. The molecule has 0 fully saturated rings. The molecule has 2 N–H and O–H groups in total. The van der Waals surface area contributed by atoms with Crippen molar-refractivity contribution in [2.24, 2.45) is 0 Å². The van der Waals surface area contributed by atoms with Gasteiger partial charge >= 0.3 is 11.9 Å². The average Bonchev–Trinajstić information content (AvgIpc) is 3.27. The second-order valence-electron chi connectivity index (χ2n) is 17.4. The Labute approximate surface area is 379 Å². The number of ether oxygens (including phenoxy) is 2. The van der Waals surface area contributed by atoms with E-state index < -0.39 is 11.9 Å². The number of carboxylic acids is 2. The molecule has 0 spiro atoms. The molecule has 0 unspecified atom stereocenters. The van der Waals surface area contributed by atoms with Crippen LogP contribution in [0.2, 0.25) is 0 Å². The highest BCUT2D eigenvalue weighted by Crippen LogP contribution is 2.29. The van der Waals surface area contributed by atoms with Crippen LogP contribution < -0.4 is 0 Å². The van der Waals surface area contributed by atoms with Gasteiger partial charge in [-0.05, 0) is 48.2 Å². The van der Waals surface area contributed by atoms with Crippen LogP contribution in [0.25, 0.3) is 11.1 Å². The number of unbranched alkanes of at least 4 members (excludes halogenated alkanes) is 30. The first-order valence-electron chi connectivity index (χ1n) is 25.4. The Balaban J connectivity index is 1.62. The number of aromatic carboxylic acids is 2. The zero-order valence-electron chi connectivity index (χ0n) is 39.4. The summed E-state index contributed by atoms with van der Waals surface area (Å²) in [5.74, 6) is 9.70. The molecular weight excluding hydrogens is 769 g/mol. The van der Waals surface area contributed by atoms with Crippen molar-refractivity contribution >= 4 is 11.9 Å². The van der Waals surface area contributed by atoms with E-state index >= 15 is 0 Å². The predicted octanol–water partition coefficient (Wildman–Crippen LogP) is 16.0. The number of hydrogen-bond donors (Lipinski definition) is 2. The Hall–Kier alpha value is -3.58. The van der Waals surface area contributed by atoms with Crippen molar-refractivity contribution in [1.82, 2.24) is 0 Å². The summed E-state index contributed by atoms with van der Waals surface area (Å²) in [7, 11) is 0. The first kappa shape index (κ1) is 54.6. The lowest BCUT2D eigenvalue weighted by Crippen LogP contribution is -2.05. The standard InChI is InChI=1S/C56H86O6/c1-3-5-7-9-11-13-15-17-19-21-23-25-27-29-31-33-43-61-45-35-37-49-39-41-51(53(47-49)55(57)58)52-42-40-50(48-54(52)56(59)60)38-36-46-62-44-34-32-30-28-26-24-22-20-18-16-14-12-10-8-6-4-2/h39-42,47-48H,3-34,43-46H2,1-2H3,(H,57,58)(H,59,60). The average molecular weight is 855 g/mol. The number of carbonyl (C=O) groups is 2. The highest BCUT2D eigenvalue weighted by molar-refractivity contribution is 6.02. The summed E-state index contributed by atoms with van der Waals surface area (Å²) >= 11 is 0. The van der Waals surface area contributed by atoms with Crippen molar-refractivity contribution in [3.63, 3.8) is 0 Å². The molecule has 2 aromatic rings. The maximum atomic E-state index is 12.3. The van der Waals surface area contributed by atoms with Gasteiger partial charge in [-0.25, -0.2) is 9.59 Å². The summed E-state index contributed by atoms with van der Waals surface area (Å²) in [5, 5.41) is 20.1. The fourth-order valence-electron chi connectivity index (χ4n) is 8.09. The third-order valence-corrected chi connectivity index (χ3v) is 11.9. The molecule has 62 heavy (non-hydrogen) atoms. The molecule has 346 valence electrons. The molecule has 0 heterocycles. The first-order chi connectivity index (χ1) is 30.5. The second-order valence-corrected chi connectivity index (χ2v) is 17.4. The van der Waals surface area contributed by atoms with Gasteiger partial charge in [-0.2, -0.15) is 0 Å². The van der Waals surface area contributed by atoms with Gasteiger partial charge in [0, 0.05) is 24.3 Å². The molecular formula is C56H86O6. The van der Waals surface area contributed by atoms with Crippen molar-refractivity contribution in [2.75, 3.05) is 26.4 Å². The third-order valence-electron chi connectivity index (χ3n) is 11.9. The van der Waals surface area contributed by atoms with Gasteiger partial charge in [-0.1, -0.05) is 242 Å². The summed E-state index contributed by atoms with van der Waals surface area (Å²) in [6, 6.07) is 9.70. The van der Waals surface area contributed by atoms with E-state index in [9.17, 15) is 19.8 Å². The van der Waals surface area contributed by atoms with Crippen LogP contribution in [-0.4, -0.2) is 48.6 Å². The monoisotopic (exact) mass is 855 g/mol. The van der Waals surface area contributed by atoms with Gasteiger partial charge in [0.25, 0.3) is 0 Å². The third kappa shape index (κ3) is 28.2. The maximum absolute atomic E-state index is 12.3. The normalized spacial score (nSPS) is 10.9. The van der Waals surface area contributed by atoms with Crippen LogP contribution in [0.15, 0.2) is 36.4 Å². The Morgan fingerprint density at radius 1 is 0.403 bits per heavy atom. The zero-order chi connectivity index (χ0) is 44.6. The van der Waals surface area contributed by atoms with Crippen LogP contribution in [0.5, 0.6) is 0 Å². The van der Waals surface area contributed by atoms with E-state index in [4.69, 9.17) is 9.47 Å². The van der Waals surface area contributed by atoms with Crippen LogP contribution in [0, 0.1) is 23.7 Å². The van der Waals surface area contributed by atoms with E-state index in [1.807, 2.05) is 0 Å². The fraction of sp³-hybridized carbons (Fsp3) is 0.679. The topological polar surface area (TPSA) is 93.1 Å². The molecule has 0 aliphatic heterocycles. The van der Waals surface area contributed by atoms with E-state index in [1.54, 1.807) is 24.3 Å². The van der Waals surface area contributed by atoms with E-state index in [-0.39, 0.29) is 24.3 Å². The Morgan fingerprint density at radius 2 is 0.661 bits per heavy atom. The van der Waals surface area contributed by atoms with Crippen molar-refractivity contribution in [3.8, 4) is 34.8 Å². The minimum atomic E-state index is -1.15. The maximum Gasteiger partial charge on any atom is 0.336 e. The molecule has 0 aliphatic carbocycles. The van der Waals surface area contributed by atoms with Crippen LogP contribution in [0.1, 0.15) is 251 Å². The van der Waals surface area contributed by atoms with E-state index in [0.29, 0.717) is 35.5 Å². The van der Waals surface area contributed by atoms with Crippen molar-refractivity contribution in [2.45, 2.75) is 219 Å². The predicted molar refractivity (Wildman–Crippen MR) is 260 cm³/mol.